The topological polar surface area (TPSA) is 131 Å². The molecule has 2 aromatic rings. The normalized spacial score (nSPS) is 20.8. The van der Waals surface area contributed by atoms with Gasteiger partial charge in [-0.05, 0) is 57.8 Å². The Kier molecular flexibility index (Phi) is 22.3. The van der Waals surface area contributed by atoms with Crippen molar-refractivity contribution >= 4 is 12.4 Å². The van der Waals surface area contributed by atoms with Crippen LogP contribution in [0.2, 0.25) is 0 Å². The second-order valence-electron chi connectivity index (χ2n) is 21.1. The van der Waals surface area contributed by atoms with Crippen LogP contribution in [0.25, 0.3) is 0 Å². The van der Waals surface area contributed by atoms with E-state index in [1.165, 1.54) is 11.1 Å². The van der Waals surface area contributed by atoms with Gasteiger partial charge in [-0.1, -0.05) is 108 Å². The van der Waals surface area contributed by atoms with Crippen LogP contribution in [0.1, 0.15) is 161 Å². The smallest absolute Gasteiger partial charge is 0.391 e. The Morgan fingerprint density at radius 3 is 1.09 bits per heavy atom. The molecule has 381 valence electrons. The number of hydrogen-bond donors (Lipinski definition) is 4. The van der Waals surface area contributed by atoms with Gasteiger partial charge in [0, 0.05) is 51.5 Å². The minimum absolute atomic E-state index is 0. The number of nitrogens with zero attached hydrogens (tertiary/aromatic N) is 2. The standard InChI is InChI=1S/C36H54N2O2.C4H7F3O2.2C4H5F3O.Co/c1-33(2,3)25-17-23(31(39)27(19-25)35(7,8)9)21-37-29-15-13-14-16-30(29)38-22-24-18-26(34(4,5)6)20-28(32(24)40)36(10,11)12;5-4(6,7)1-3(9)2-8;2*5-4(6,7)1-3-2-8-3;/h17-22,29-30,39-40H,13-16H2,1-12H3;3,8-9H,1-2H2;2*3H,1-2H2;/t29-,30-;2*3-;;/m110../s1. The number of aliphatic hydroxyl groups excluding tert-OH is 2. The van der Waals surface area contributed by atoms with E-state index in [2.05, 4.69) is 117 Å². The van der Waals surface area contributed by atoms with Crippen LogP contribution >= 0.6 is 0 Å². The Morgan fingerprint density at radius 1 is 0.576 bits per heavy atom. The van der Waals surface area contributed by atoms with E-state index in [1.54, 1.807) is 0 Å². The number of alkyl halides is 9. The number of epoxide rings is 2. The Hall–Kier alpha value is -2.90. The van der Waals surface area contributed by atoms with Gasteiger partial charge in [0.1, 0.15) is 11.5 Å². The van der Waals surface area contributed by atoms with Crippen molar-refractivity contribution in [2.24, 2.45) is 9.98 Å². The predicted molar refractivity (Wildman–Crippen MR) is 237 cm³/mol. The summed E-state index contributed by atoms with van der Waals surface area (Å²) in [4.78, 5) is 10.1. The van der Waals surface area contributed by atoms with Gasteiger partial charge in [-0.15, -0.1) is 0 Å². The number of rotatable bonds is 8. The molecule has 0 aromatic heterocycles. The van der Waals surface area contributed by atoms with Crippen LogP contribution in [0, 0.1) is 0 Å². The van der Waals surface area contributed by atoms with Crippen molar-refractivity contribution in [3.8, 4) is 11.5 Å². The van der Waals surface area contributed by atoms with Crippen molar-refractivity contribution < 1.29 is 86.2 Å². The van der Waals surface area contributed by atoms with Gasteiger partial charge in [0.2, 0.25) is 0 Å². The first-order chi connectivity index (χ1) is 29.3. The number of phenols is 2. The van der Waals surface area contributed by atoms with Crippen molar-refractivity contribution in [3.05, 3.63) is 57.6 Å². The Bertz CT molecular complexity index is 1740. The molecule has 0 bridgehead atoms. The zero-order chi connectivity index (χ0) is 50.1. The number of hydrogen-bond acceptors (Lipinski definition) is 8. The van der Waals surface area contributed by atoms with E-state index in [4.69, 9.17) is 20.2 Å². The van der Waals surface area contributed by atoms with Gasteiger partial charge in [-0.3, -0.25) is 9.98 Å². The molecule has 0 amide bonds. The van der Waals surface area contributed by atoms with Crippen molar-refractivity contribution in [2.75, 3.05) is 19.8 Å². The minimum Gasteiger partial charge on any atom is -0.507 e. The maximum absolute atomic E-state index is 11.3. The second-order valence-corrected chi connectivity index (χ2v) is 21.1. The summed E-state index contributed by atoms with van der Waals surface area (Å²) in [5.41, 5.74) is 5.39. The molecule has 2 heterocycles. The van der Waals surface area contributed by atoms with E-state index < -0.39 is 62.7 Å². The Morgan fingerprint density at radius 2 is 0.894 bits per heavy atom. The molecule has 4 N–H and O–H groups in total. The maximum Gasteiger partial charge on any atom is 0.391 e. The summed E-state index contributed by atoms with van der Waals surface area (Å²) in [6.45, 7) is 25.7. The SMILES string of the molecule is CC(C)(C)c1cc(C=N[C@@H]2CCCC[C@H]2N=Cc2cc(C(C)(C)C)cc(C(C)(C)C)c2O)c(O)c(C(C)(C)C)c1.FC(F)(F)CC1CO1.FC(F)(F)C[C@H]1CO1.OC[C@H](O)CC(F)(F)F.[Co]. The summed E-state index contributed by atoms with van der Waals surface area (Å²) in [6.07, 6.45) is -10.2. The zero-order valence-corrected chi connectivity index (χ0v) is 41.2. The predicted octanol–water partition coefficient (Wildman–Crippen LogP) is 12.1. The summed E-state index contributed by atoms with van der Waals surface area (Å²) < 4.78 is 110. The summed E-state index contributed by atoms with van der Waals surface area (Å²) in [5.74, 6) is 0.637. The first-order valence-corrected chi connectivity index (χ1v) is 21.9. The average molecular weight is 1000 g/mol. The van der Waals surface area contributed by atoms with Crippen molar-refractivity contribution in [3.63, 3.8) is 0 Å². The first kappa shape index (κ1) is 61.1. The van der Waals surface area contributed by atoms with Crippen molar-refractivity contribution in [2.45, 2.75) is 199 Å². The molecule has 18 heteroatoms. The summed E-state index contributed by atoms with van der Waals surface area (Å²) in [6, 6.07) is 8.53. The van der Waals surface area contributed by atoms with E-state index >= 15 is 0 Å². The number of halogens is 9. The van der Waals surface area contributed by atoms with Gasteiger partial charge in [0.05, 0.1) is 69.5 Å². The molecule has 0 spiro atoms. The molecule has 1 radical (unpaired) electrons. The molecule has 3 aliphatic rings. The quantitative estimate of drug-likeness (QED) is 0.118. The third-order valence-electron chi connectivity index (χ3n) is 10.5. The van der Waals surface area contributed by atoms with Gasteiger partial charge >= 0.3 is 18.5 Å². The Labute approximate surface area is 395 Å². The number of aliphatic imine (C=N–C) groups is 2. The van der Waals surface area contributed by atoms with Gasteiger partial charge in [0.15, 0.2) is 0 Å². The molecule has 8 nitrogen and oxygen atoms in total. The van der Waals surface area contributed by atoms with E-state index in [-0.39, 0.29) is 63.7 Å². The van der Waals surface area contributed by atoms with Crippen LogP contribution in [0.15, 0.2) is 34.3 Å². The molecule has 5 atom stereocenters. The molecule has 1 unspecified atom stereocenters. The van der Waals surface area contributed by atoms with Gasteiger partial charge in [-0.2, -0.15) is 39.5 Å². The molecule has 1 saturated carbocycles. The molecule has 2 aliphatic heterocycles. The molecule has 2 aromatic carbocycles. The van der Waals surface area contributed by atoms with E-state index in [0.717, 1.165) is 47.9 Å². The van der Waals surface area contributed by atoms with Crippen molar-refractivity contribution in [1.82, 2.24) is 0 Å². The van der Waals surface area contributed by atoms with Gasteiger partial charge in [0.25, 0.3) is 0 Å². The fourth-order valence-corrected chi connectivity index (χ4v) is 6.53. The fourth-order valence-electron chi connectivity index (χ4n) is 6.53. The van der Waals surface area contributed by atoms with Crippen LogP contribution in [0.5, 0.6) is 11.5 Å². The third-order valence-corrected chi connectivity index (χ3v) is 10.5. The molecule has 1 aliphatic carbocycles. The largest absolute Gasteiger partial charge is 0.507 e. The molecular formula is C48H71CoF9N2O6. The molecule has 66 heavy (non-hydrogen) atoms. The summed E-state index contributed by atoms with van der Waals surface area (Å²) in [7, 11) is 0. The summed E-state index contributed by atoms with van der Waals surface area (Å²) >= 11 is 0. The number of aliphatic hydroxyl groups is 2. The van der Waals surface area contributed by atoms with Crippen LogP contribution in [0.3, 0.4) is 0 Å². The summed E-state index contributed by atoms with van der Waals surface area (Å²) in [5, 5.41) is 38.6. The van der Waals surface area contributed by atoms with Gasteiger partial charge in [-0.25, -0.2) is 0 Å². The molecule has 2 saturated heterocycles. The number of benzene rings is 2. The molecule has 3 fully saturated rings. The third kappa shape index (κ3) is 23.4. The van der Waals surface area contributed by atoms with Gasteiger partial charge < -0.3 is 29.9 Å². The van der Waals surface area contributed by atoms with E-state index in [0.29, 0.717) is 11.5 Å². The van der Waals surface area contributed by atoms with Crippen LogP contribution < -0.4 is 0 Å². The molecular weight excluding hydrogens is 930 g/mol. The average Bonchev–Trinajstić information content (AvgIpc) is 4.07. The maximum atomic E-state index is 11.3. The van der Waals surface area contributed by atoms with E-state index in [9.17, 15) is 49.7 Å². The Balaban J connectivity index is 0.000000670. The minimum atomic E-state index is -4.39. The van der Waals surface area contributed by atoms with Crippen molar-refractivity contribution in [1.29, 1.82) is 0 Å². The zero-order valence-electron chi connectivity index (χ0n) is 40.2. The first-order valence-electron chi connectivity index (χ1n) is 21.9. The monoisotopic (exact) mass is 1000 g/mol. The number of phenolic OH excluding ortho intramolecular Hbond substituents is 2. The van der Waals surface area contributed by atoms with Crippen LogP contribution in [-0.2, 0) is 47.9 Å². The second kappa shape index (κ2) is 24.1. The number of ether oxygens (including phenoxy) is 2. The number of aromatic hydroxyl groups is 2. The fraction of sp³-hybridized carbons (Fsp3) is 0.708. The molecule has 5 rings (SSSR count). The van der Waals surface area contributed by atoms with Crippen LogP contribution in [-0.4, -0.2) is 102 Å². The van der Waals surface area contributed by atoms with E-state index in [1.807, 2.05) is 12.4 Å². The van der Waals surface area contributed by atoms with Crippen LogP contribution in [0.4, 0.5) is 39.5 Å².